The maximum absolute atomic E-state index is 12.4. The van der Waals surface area contributed by atoms with Crippen LogP contribution >= 0.6 is 0 Å². The zero-order valence-electron chi connectivity index (χ0n) is 14.0. The van der Waals surface area contributed by atoms with Crippen molar-refractivity contribution >= 4 is 11.6 Å². The normalized spacial score (nSPS) is 19.0. The molecule has 2 N–H and O–H groups in total. The molecule has 0 spiro atoms. The highest BCUT2D eigenvalue weighted by molar-refractivity contribution is 5.93. The highest BCUT2D eigenvalue weighted by Crippen LogP contribution is 2.25. The second kappa shape index (κ2) is 6.54. The van der Waals surface area contributed by atoms with Crippen LogP contribution < -0.4 is 5.32 Å². The molecular weight excluding hydrogens is 292 g/mol. The van der Waals surface area contributed by atoms with Crippen molar-refractivity contribution in [2.75, 3.05) is 25.0 Å². The molecule has 7 nitrogen and oxygen atoms in total. The molecule has 3 rings (SSSR count). The van der Waals surface area contributed by atoms with Crippen molar-refractivity contribution in [2.24, 2.45) is 7.05 Å². The van der Waals surface area contributed by atoms with Crippen LogP contribution in [0.4, 0.5) is 5.69 Å². The molecule has 1 fully saturated rings. The Morgan fingerprint density at radius 3 is 2.96 bits per heavy atom. The van der Waals surface area contributed by atoms with Crippen LogP contribution in [0.3, 0.4) is 0 Å². The fraction of sp³-hybridized carbons (Fsp3) is 0.562. The van der Waals surface area contributed by atoms with E-state index in [0.717, 1.165) is 48.7 Å². The minimum absolute atomic E-state index is 0.0226. The molecule has 23 heavy (non-hydrogen) atoms. The lowest BCUT2D eigenvalue weighted by Gasteiger charge is -2.31. The third kappa shape index (κ3) is 3.44. The number of aryl methyl sites for hydroxylation is 2. The average molecular weight is 316 g/mol. The first kappa shape index (κ1) is 15.7. The first-order valence-electron chi connectivity index (χ1n) is 8.06. The van der Waals surface area contributed by atoms with Gasteiger partial charge in [-0.15, -0.1) is 0 Å². The number of carbonyl (C=O) groups excluding carboxylic acids is 1. The quantitative estimate of drug-likeness (QED) is 0.897. The Bertz CT molecular complexity index is 675. The van der Waals surface area contributed by atoms with Crippen LogP contribution in [0.1, 0.15) is 35.8 Å². The molecule has 0 aromatic carbocycles. The van der Waals surface area contributed by atoms with E-state index >= 15 is 0 Å². The predicted molar refractivity (Wildman–Crippen MR) is 88.3 cm³/mol. The van der Waals surface area contributed by atoms with Crippen LogP contribution in [0.15, 0.2) is 12.3 Å². The molecule has 1 amide bonds. The third-order valence-corrected chi connectivity index (χ3v) is 4.61. The summed E-state index contributed by atoms with van der Waals surface area (Å²) in [6.45, 7) is 6.14. The number of likely N-dealkylation sites (tertiary alicyclic amines) is 1. The lowest BCUT2D eigenvalue weighted by molar-refractivity contribution is -0.117. The maximum atomic E-state index is 12.4. The van der Waals surface area contributed by atoms with Crippen molar-refractivity contribution in [1.82, 2.24) is 24.9 Å². The van der Waals surface area contributed by atoms with E-state index in [1.165, 1.54) is 0 Å². The first-order chi connectivity index (χ1) is 11.0. The van der Waals surface area contributed by atoms with E-state index in [1.54, 1.807) is 10.9 Å². The second-order valence-electron chi connectivity index (χ2n) is 6.30. The van der Waals surface area contributed by atoms with Crippen LogP contribution in [0, 0.1) is 13.8 Å². The summed E-state index contributed by atoms with van der Waals surface area (Å²) >= 11 is 0. The summed E-state index contributed by atoms with van der Waals surface area (Å²) in [6.07, 6.45) is 4.03. The van der Waals surface area contributed by atoms with Crippen LogP contribution in [0.25, 0.3) is 0 Å². The zero-order valence-corrected chi connectivity index (χ0v) is 14.0. The van der Waals surface area contributed by atoms with Crippen LogP contribution in [-0.2, 0) is 11.8 Å². The van der Waals surface area contributed by atoms with Gasteiger partial charge in [-0.3, -0.25) is 19.5 Å². The summed E-state index contributed by atoms with van der Waals surface area (Å²) in [6, 6.07) is 2.02. The smallest absolute Gasteiger partial charge is 0.238 e. The average Bonchev–Trinajstić information content (AvgIpc) is 3.13. The molecule has 2 aromatic rings. The van der Waals surface area contributed by atoms with Gasteiger partial charge in [-0.05, 0) is 39.3 Å². The van der Waals surface area contributed by atoms with Gasteiger partial charge in [0.1, 0.15) is 0 Å². The van der Waals surface area contributed by atoms with Crippen molar-refractivity contribution in [3.63, 3.8) is 0 Å². The van der Waals surface area contributed by atoms with Gasteiger partial charge in [0.25, 0.3) is 0 Å². The van der Waals surface area contributed by atoms with Gasteiger partial charge in [0.05, 0.1) is 23.6 Å². The fourth-order valence-corrected chi connectivity index (χ4v) is 3.28. The lowest BCUT2D eigenvalue weighted by Crippen LogP contribution is -2.40. The van der Waals surface area contributed by atoms with Gasteiger partial charge < -0.3 is 5.32 Å². The molecule has 1 atom stereocenters. The molecule has 124 valence electrons. The van der Waals surface area contributed by atoms with Gasteiger partial charge in [0, 0.05) is 31.4 Å². The summed E-state index contributed by atoms with van der Waals surface area (Å²) < 4.78 is 1.79. The second-order valence-corrected chi connectivity index (χ2v) is 6.30. The molecule has 1 aliphatic rings. The predicted octanol–water partition coefficient (Wildman–Crippen LogP) is 1.58. The van der Waals surface area contributed by atoms with E-state index in [4.69, 9.17) is 0 Å². The van der Waals surface area contributed by atoms with Crippen molar-refractivity contribution in [1.29, 1.82) is 0 Å². The minimum Gasteiger partial charge on any atom is -0.322 e. The number of rotatable bonds is 4. The van der Waals surface area contributed by atoms with E-state index < -0.39 is 0 Å². The molecule has 1 aliphatic heterocycles. The van der Waals surface area contributed by atoms with Crippen LogP contribution in [0.5, 0.6) is 0 Å². The number of aromatic nitrogens is 4. The molecule has 3 heterocycles. The number of nitrogens with one attached hydrogen (secondary N) is 2. The van der Waals surface area contributed by atoms with E-state index in [2.05, 4.69) is 25.5 Å². The van der Waals surface area contributed by atoms with Gasteiger partial charge in [-0.2, -0.15) is 10.2 Å². The van der Waals surface area contributed by atoms with E-state index in [-0.39, 0.29) is 5.91 Å². The Balaban J connectivity index is 1.59. The summed E-state index contributed by atoms with van der Waals surface area (Å²) in [4.78, 5) is 14.6. The third-order valence-electron chi connectivity index (χ3n) is 4.61. The number of nitrogens with zero attached hydrogens (tertiary/aromatic N) is 4. The Hall–Kier alpha value is -2.15. The number of H-pyrrole nitrogens is 1. The number of carbonyl (C=O) groups is 1. The number of piperidine rings is 1. The fourth-order valence-electron chi connectivity index (χ4n) is 3.28. The number of hydrogen-bond acceptors (Lipinski definition) is 4. The molecule has 0 saturated carbocycles. The summed E-state index contributed by atoms with van der Waals surface area (Å²) in [5.74, 6) is 0.454. The van der Waals surface area contributed by atoms with E-state index in [1.807, 2.05) is 27.0 Å². The van der Waals surface area contributed by atoms with Crippen molar-refractivity contribution in [2.45, 2.75) is 32.6 Å². The van der Waals surface area contributed by atoms with Crippen molar-refractivity contribution in [3.8, 4) is 0 Å². The Morgan fingerprint density at radius 1 is 1.48 bits per heavy atom. The molecule has 0 radical (unpaired) electrons. The van der Waals surface area contributed by atoms with Crippen molar-refractivity contribution < 1.29 is 4.79 Å². The number of aromatic amines is 1. The van der Waals surface area contributed by atoms with Gasteiger partial charge in [-0.25, -0.2) is 0 Å². The number of hydrogen-bond donors (Lipinski definition) is 2. The Kier molecular flexibility index (Phi) is 4.47. The Morgan fingerprint density at radius 2 is 2.30 bits per heavy atom. The topological polar surface area (TPSA) is 78.8 Å². The molecule has 7 heteroatoms. The summed E-state index contributed by atoms with van der Waals surface area (Å²) in [5, 5.41) is 14.4. The number of amides is 1. The molecule has 0 aliphatic carbocycles. The molecule has 0 bridgehead atoms. The van der Waals surface area contributed by atoms with Gasteiger partial charge in [-0.1, -0.05) is 0 Å². The Labute approximate surface area is 136 Å². The maximum Gasteiger partial charge on any atom is 0.238 e. The van der Waals surface area contributed by atoms with Crippen LogP contribution in [0.2, 0.25) is 0 Å². The minimum atomic E-state index is 0.0226. The zero-order chi connectivity index (χ0) is 16.4. The summed E-state index contributed by atoms with van der Waals surface area (Å²) in [5.41, 5.74) is 3.82. The van der Waals surface area contributed by atoms with Crippen molar-refractivity contribution in [3.05, 3.63) is 29.3 Å². The summed E-state index contributed by atoms with van der Waals surface area (Å²) in [7, 11) is 1.89. The molecule has 0 unspecified atom stereocenters. The van der Waals surface area contributed by atoms with Gasteiger partial charge >= 0.3 is 0 Å². The van der Waals surface area contributed by atoms with Gasteiger partial charge in [0.15, 0.2) is 0 Å². The number of anilines is 1. The van der Waals surface area contributed by atoms with Gasteiger partial charge in [0.2, 0.25) is 5.91 Å². The van der Waals surface area contributed by atoms with E-state index in [0.29, 0.717) is 12.5 Å². The highest BCUT2D eigenvalue weighted by Gasteiger charge is 2.24. The monoisotopic (exact) mass is 316 g/mol. The first-order valence-corrected chi connectivity index (χ1v) is 8.06. The van der Waals surface area contributed by atoms with Crippen LogP contribution in [-0.4, -0.2) is 50.4 Å². The highest BCUT2D eigenvalue weighted by atomic mass is 16.2. The largest absolute Gasteiger partial charge is 0.322 e. The lowest BCUT2D eigenvalue weighted by atomic mass is 9.95. The molecular formula is C16H24N6O. The standard InChI is InChI=1S/C16H24N6O/c1-11-16(12(2)21(3)20-11)18-15(23)10-22-8-4-5-13(9-22)14-6-7-17-19-14/h6-7,13H,4-5,8-10H2,1-3H3,(H,17,19)(H,18,23)/t13-/m1/s1. The molecule has 2 aromatic heterocycles. The SMILES string of the molecule is Cc1nn(C)c(C)c1NC(=O)CN1CCC[C@@H](c2ccn[nH]2)C1. The van der Waals surface area contributed by atoms with E-state index in [9.17, 15) is 4.79 Å². The molecule has 1 saturated heterocycles.